The standard InChI is InChI=1S/C22H22N4O6S/c1-5-14-13(4)33-21(18(14)22(29)32-6-2)23-20(28)19-17(27)11-12(3)25(24-19)15-9-7-8-10-16(15)26(30)31/h7-11H,5-6H2,1-4H3,(H,23,28). The monoisotopic (exact) mass is 470 g/mol. The Kier molecular flexibility index (Phi) is 7.02. The maximum atomic E-state index is 13.0. The zero-order valence-corrected chi connectivity index (χ0v) is 19.3. The van der Waals surface area contributed by atoms with E-state index < -0.39 is 27.9 Å². The lowest BCUT2D eigenvalue weighted by Gasteiger charge is -2.12. The van der Waals surface area contributed by atoms with E-state index in [2.05, 4.69) is 10.4 Å². The van der Waals surface area contributed by atoms with Crippen molar-refractivity contribution in [3.8, 4) is 5.69 Å². The van der Waals surface area contributed by atoms with Gasteiger partial charge in [-0.15, -0.1) is 11.3 Å². The van der Waals surface area contributed by atoms with Crippen LogP contribution in [0.1, 0.15) is 50.8 Å². The van der Waals surface area contributed by atoms with E-state index in [9.17, 15) is 24.5 Å². The van der Waals surface area contributed by atoms with Gasteiger partial charge in [-0.1, -0.05) is 19.1 Å². The minimum atomic E-state index is -0.832. The van der Waals surface area contributed by atoms with Crippen molar-refractivity contribution < 1.29 is 19.2 Å². The van der Waals surface area contributed by atoms with Crippen molar-refractivity contribution >= 4 is 33.9 Å². The largest absolute Gasteiger partial charge is 0.462 e. The van der Waals surface area contributed by atoms with E-state index in [0.29, 0.717) is 12.1 Å². The molecule has 0 aliphatic heterocycles. The lowest BCUT2D eigenvalue weighted by molar-refractivity contribution is -0.384. The van der Waals surface area contributed by atoms with E-state index in [1.165, 1.54) is 40.3 Å². The smallest absolute Gasteiger partial charge is 0.341 e. The summed E-state index contributed by atoms with van der Waals surface area (Å²) in [4.78, 5) is 49.8. The SMILES string of the molecule is CCOC(=O)c1c(NC(=O)c2nn(-c3ccccc3[N+](=O)[O-])c(C)cc2=O)sc(C)c1CC. The Morgan fingerprint density at radius 2 is 1.94 bits per heavy atom. The van der Waals surface area contributed by atoms with Gasteiger partial charge in [-0.25, -0.2) is 9.48 Å². The van der Waals surface area contributed by atoms with Gasteiger partial charge in [0.1, 0.15) is 10.7 Å². The molecule has 172 valence electrons. The number of nitrogens with one attached hydrogen (secondary N) is 1. The third-order valence-corrected chi connectivity index (χ3v) is 5.96. The van der Waals surface area contributed by atoms with Crippen molar-refractivity contribution in [2.24, 2.45) is 0 Å². The molecular weight excluding hydrogens is 448 g/mol. The zero-order chi connectivity index (χ0) is 24.3. The first-order chi connectivity index (χ1) is 15.7. The molecule has 10 nitrogen and oxygen atoms in total. The summed E-state index contributed by atoms with van der Waals surface area (Å²) in [5, 5.41) is 18.4. The molecule has 0 saturated heterocycles. The number of esters is 1. The molecule has 0 atom stereocenters. The van der Waals surface area contributed by atoms with E-state index in [1.54, 1.807) is 19.9 Å². The summed E-state index contributed by atoms with van der Waals surface area (Å²) in [6.45, 7) is 7.12. The van der Waals surface area contributed by atoms with Gasteiger partial charge in [0, 0.05) is 22.7 Å². The third kappa shape index (κ3) is 4.67. The minimum absolute atomic E-state index is 0.112. The number of anilines is 1. The van der Waals surface area contributed by atoms with Gasteiger partial charge >= 0.3 is 5.97 Å². The van der Waals surface area contributed by atoms with Gasteiger partial charge in [0.2, 0.25) is 5.43 Å². The van der Waals surface area contributed by atoms with Crippen molar-refractivity contribution in [2.45, 2.75) is 34.1 Å². The normalized spacial score (nSPS) is 10.7. The summed E-state index contributed by atoms with van der Waals surface area (Å²) >= 11 is 1.20. The number of thiophene rings is 1. The minimum Gasteiger partial charge on any atom is -0.462 e. The topological polar surface area (TPSA) is 133 Å². The van der Waals surface area contributed by atoms with Crippen molar-refractivity contribution in [1.82, 2.24) is 9.78 Å². The van der Waals surface area contributed by atoms with Crippen LogP contribution >= 0.6 is 11.3 Å². The molecule has 2 heterocycles. The number of hydrogen-bond acceptors (Lipinski definition) is 8. The van der Waals surface area contributed by atoms with Crippen LogP contribution < -0.4 is 10.7 Å². The Balaban J connectivity index is 2.07. The lowest BCUT2D eigenvalue weighted by atomic mass is 10.1. The van der Waals surface area contributed by atoms with E-state index in [1.807, 2.05) is 13.8 Å². The highest BCUT2D eigenvalue weighted by molar-refractivity contribution is 7.16. The molecule has 0 spiro atoms. The molecule has 0 unspecified atom stereocenters. The van der Waals surface area contributed by atoms with Crippen LogP contribution in [0.4, 0.5) is 10.7 Å². The fraction of sp³-hybridized carbons (Fsp3) is 0.273. The van der Waals surface area contributed by atoms with Crippen LogP contribution in [0, 0.1) is 24.0 Å². The number of aryl methyl sites for hydroxylation is 2. The highest BCUT2D eigenvalue weighted by Gasteiger charge is 2.26. The molecule has 3 aromatic rings. The summed E-state index contributed by atoms with van der Waals surface area (Å²) in [6, 6.07) is 7.06. The molecule has 1 N–H and O–H groups in total. The number of benzene rings is 1. The Morgan fingerprint density at radius 1 is 1.24 bits per heavy atom. The molecule has 0 bridgehead atoms. The van der Waals surface area contributed by atoms with E-state index in [0.717, 1.165) is 10.4 Å². The number of aromatic nitrogens is 2. The molecule has 1 aromatic carbocycles. The second-order valence-electron chi connectivity index (χ2n) is 7.03. The van der Waals surface area contributed by atoms with Crippen LogP contribution in [-0.4, -0.2) is 33.2 Å². The maximum Gasteiger partial charge on any atom is 0.341 e. The van der Waals surface area contributed by atoms with E-state index in [4.69, 9.17) is 4.74 Å². The molecule has 2 aromatic heterocycles. The van der Waals surface area contributed by atoms with Crippen LogP contribution in [0.25, 0.3) is 5.69 Å². The highest BCUT2D eigenvalue weighted by atomic mass is 32.1. The zero-order valence-electron chi connectivity index (χ0n) is 18.5. The number of nitrogens with zero attached hydrogens (tertiary/aromatic N) is 3. The fourth-order valence-corrected chi connectivity index (χ4v) is 4.55. The molecule has 0 aliphatic rings. The van der Waals surface area contributed by atoms with E-state index in [-0.39, 0.29) is 28.5 Å². The quantitative estimate of drug-likeness (QED) is 0.315. The van der Waals surface area contributed by atoms with Crippen LogP contribution in [0.2, 0.25) is 0 Å². The maximum absolute atomic E-state index is 13.0. The number of nitro benzene ring substituents is 1. The number of nitro groups is 1. The van der Waals surface area contributed by atoms with Gasteiger partial charge in [-0.3, -0.25) is 19.7 Å². The van der Waals surface area contributed by atoms with Gasteiger partial charge in [-0.2, -0.15) is 5.10 Å². The highest BCUT2D eigenvalue weighted by Crippen LogP contribution is 2.34. The molecule has 1 amide bonds. The Bertz CT molecular complexity index is 1310. The molecular formula is C22H22N4O6S. The number of para-hydroxylation sites is 2. The fourth-order valence-electron chi connectivity index (χ4n) is 3.42. The molecule has 33 heavy (non-hydrogen) atoms. The first kappa shape index (κ1) is 23.8. The first-order valence-corrected chi connectivity index (χ1v) is 11.0. The van der Waals surface area contributed by atoms with E-state index >= 15 is 0 Å². The summed E-state index contributed by atoms with van der Waals surface area (Å²) in [6.07, 6.45) is 0.555. The summed E-state index contributed by atoms with van der Waals surface area (Å²) < 4.78 is 6.31. The first-order valence-electron chi connectivity index (χ1n) is 10.1. The van der Waals surface area contributed by atoms with Crippen molar-refractivity contribution in [3.05, 3.63) is 78.1 Å². The predicted octanol–water partition coefficient (Wildman–Crippen LogP) is 3.81. The van der Waals surface area contributed by atoms with Gasteiger partial charge in [-0.05, 0) is 38.8 Å². The second-order valence-corrected chi connectivity index (χ2v) is 8.25. The van der Waals surface area contributed by atoms with Crippen molar-refractivity contribution in [3.63, 3.8) is 0 Å². The molecule has 3 rings (SSSR count). The number of hydrogen-bond donors (Lipinski definition) is 1. The molecule has 0 radical (unpaired) electrons. The van der Waals surface area contributed by atoms with Gasteiger partial charge in [0.05, 0.1) is 17.1 Å². The number of carbonyl (C=O) groups excluding carboxylic acids is 2. The third-order valence-electron chi connectivity index (χ3n) is 4.90. The number of ether oxygens (including phenoxy) is 1. The molecule has 0 saturated carbocycles. The number of carbonyl (C=O) groups is 2. The van der Waals surface area contributed by atoms with Gasteiger partial charge < -0.3 is 10.1 Å². The summed E-state index contributed by atoms with van der Waals surface area (Å²) in [5.41, 5.74) is 0.0948. The summed E-state index contributed by atoms with van der Waals surface area (Å²) in [5.74, 6) is -1.40. The van der Waals surface area contributed by atoms with Crippen molar-refractivity contribution in [1.29, 1.82) is 0 Å². The lowest BCUT2D eigenvalue weighted by Crippen LogP contribution is -2.27. The van der Waals surface area contributed by atoms with Crippen LogP contribution in [0.3, 0.4) is 0 Å². The van der Waals surface area contributed by atoms with Crippen LogP contribution in [-0.2, 0) is 11.2 Å². The van der Waals surface area contributed by atoms with Crippen LogP contribution in [0.15, 0.2) is 35.1 Å². The Labute approximate surface area is 193 Å². The average molecular weight is 471 g/mol. The van der Waals surface area contributed by atoms with Crippen molar-refractivity contribution in [2.75, 3.05) is 11.9 Å². The van der Waals surface area contributed by atoms with Gasteiger partial charge in [0.15, 0.2) is 5.69 Å². The molecule has 11 heteroatoms. The molecule has 0 fully saturated rings. The summed E-state index contributed by atoms with van der Waals surface area (Å²) in [7, 11) is 0. The molecule has 0 aliphatic carbocycles. The average Bonchev–Trinajstić information content (AvgIpc) is 3.08. The Hall–Kier alpha value is -3.86. The number of amides is 1. The number of rotatable bonds is 7. The Morgan fingerprint density at radius 3 is 2.58 bits per heavy atom. The van der Waals surface area contributed by atoms with Crippen LogP contribution in [0.5, 0.6) is 0 Å². The second kappa shape index (κ2) is 9.74. The predicted molar refractivity (Wildman–Crippen MR) is 124 cm³/mol. The van der Waals surface area contributed by atoms with Gasteiger partial charge in [0.25, 0.3) is 11.6 Å².